The van der Waals surface area contributed by atoms with E-state index < -0.39 is 0 Å². The summed E-state index contributed by atoms with van der Waals surface area (Å²) in [6.07, 6.45) is 5.64. The third-order valence-corrected chi connectivity index (χ3v) is 3.39. The molecule has 0 fully saturated rings. The molecule has 0 aliphatic rings. The minimum absolute atomic E-state index is 0.411. The molecule has 0 spiro atoms. The van der Waals surface area contributed by atoms with Gasteiger partial charge in [-0.05, 0) is 33.6 Å². The first-order chi connectivity index (χ1) is 9.70. The lowest BCUT2D eigenvalue weighted by Crippen LogP contribution is -2.25. The summed E-state index contributed by atoms with van der Waals surface area (Å²) in [7, 11) is 0. The van der Waals surface area contributed by atoms with Gasteiger partial charge in [0.15, 0.2) is 0 Å². The largest absolute Gasteiger partial charge is 0.350 e. The number of anilines is 1. The van der Waals surface area contributed by atoms with Crippen molar-refractivity contribution >= 4 is 33.3 Å². The van der Waals surface area contributed by atoms with Crippen molar-refractivity contribution in [2.24, 2.45) is 0 Å². The van der Waals surface area contributed by atoms with Gasteiger partial charge in [-0.25, -0.2) is 4.98 Å². The van der Waals surface area contributed by atoms with E-state index in [4.69, 9.17) is 16.9 Å². The molecular formula is C14H12BrClN4. The van der Waals surface area contributed by atoms with E-state index in [0.29, 0.717) is 30.4 Å². The Hall–Kier alpha value is -1.64. The Labute approximate surface area is 131 Å². The maximum absolute atomic E-state index is 8.79. The van der Waals surface area contributed by atoms with Gasteiger partial charge < -0.3 is 4.90 Å². The van der Waals surface area contributed by atoms with Crippen LogP contribution in [0, 0.1) is 11.3 Å². The van der Waals surface area contributed by atoms with Crippen LogP contribution in [-0.4, -0.2) is 16.5 Å². The Morgan fingerprint density at radius 1 is 1.40 bits per heavy atom. The van der Waals surface area contributed by atoms with Crippen LogP contribution in [0.5, 0.6) is 0 Å². The van der Waals surface area contributed by atoms with E-state index >= 15 is 0 Å². The Morgan fingerprint density at radius 2 is 2.25 bits per heavy atom. The molecule has 0 N–H and O–H groups in total. The number of rotatable bonds is 5. The van der Waals surface area contributed by atoms with Crippen LogP contribution < -0.4 is 4.90 Å². The van der Waals surface area contributed by atoms with Gasteiger partial charge in [0.1, 0.15) is 5.82 Å². The van der Waals surface area contributed by atoms with Crippen LogP contribution in [0.25, 0.3) is 0 Å². The highest BCUT2D eigenvalue weighted by Gasteiger charge is 2.13. The summed E-state index contributed by atoms with van der Waals surface area (Å²) in [5.41, 5.74) is 1.05. The van der Waals surface area contributed by atoms with Crippen LogP contribution in [0.1, 0.15) is 12.0 Å². The summed E-state index contributed by atoms with van der Waals surface area (Å²) < 4.78 is 0.827. The van der Waals surface area contributed by atoms with Crippen molar-refractivity contribution < 1.29 is 0 Å². The van der Waals surface area contributed by atoms with E-state index in [2.05, 4.69) is 32.0 Å². The molecule has 6 heteroatoms. The summed E-state index contributed by atoms with van der Waals surface area (Å²) in [6, 6.07) is 7.81. The fourth-order valence-corrected chi connectivity index (χ4v) is 2.55. The predicted octanol–water partition coefficient (Wildman–Crippen LogP) is 3.81. The summed E-state index contributed by atoms with van der Waals surface area (Å²) in [5, 5.41) is 9.35. The lowest BCUT2D eigenvalue weighted by Gasteiger charge is -2.23. The highest BCUT2D eigenvalue weighted by molar-refractivity contribution is 9.10. The van der Waals surface area contributed by atoms with Crippen LogP contribution in [0.3, 0.4) is 0 Å². The molecule has 0 amide bonds. The number of hydrogen-bond acceptors (Lipinski definition) is 4. The molecule has 102 valence electrons. The van der Waals surface area contributed by atoms with Gasteiger partial charge >= 0.3 is 0 Å². The van der Waals surface area contributed by atoms with Crippen LogP contribution in [0.15, 0.2) is 41.3 Å². The second-order valence-electron chi connectivity index (χ2n) is 4.15. The lowest BCUT2D eigenvalue weighted by atomic mass is 10.2. The van der Waals surface area contributed by atoms with Crippen LogP contribution in [0.2, 0.25) is 5.02 Å². The van der Waals surface area contributed by atoms with Gasteiger partial charge in [-0.15, -0.1) is 0 Å². The van der Waals surface area contributed by atoms with E-state index in [1.165, 1.54) is 0 Å². The number of halogens is 2. The first kappa shape index (κ1) is 14.8. The van der Waals surface area contributed by atoms with Crippen molar-refractivity contribution in [2.45, 2.75) is 13.0 Å². The normalized spacial score (nSPS) is 10.1. The first-order valence-corrected chi connectivity index (χ1v) is 7.19. The van der Waals surface area contributed by atoms with Gasteiger partial charge in [0.2, 0.25) is 0 Å². The topological polar surface area (TPSA) is 52.8 Å². The molecule has 0 aromatic carbocycles. The molecular weight excluding hydrogens is 340 g/mol. The number of nitrogens with zero attached hydrogens (tertiary/aromatic N) is 4. The zero-order valence-corrected chi connectivity index (χ0v) is 13.0. The molecule has 20 heavy (non-hydrogen) atoms. The molecule has 0 unspecified atom stereocenters. The van der Waals surface area contributed by atoms with E-state index in [-0.39, 0.29) is 0 Å². The van der Waals surface area contributed by atoms with Gasteiger partial charge in [0.05, 0.1) is 17.5 Å². The number of aromatic nitrogens is 2. The van der Waals surface area contributed by atoms with Crippen molar-refractivity contribution in [3.05, 3.63) is 51.8 Å². The van der Waals surface area contributed by atoms with Crippen LogP contribution in [-0.2, 0) is 6.54 Å². The SMILES string of the molecule is N#CCCN(Cc1cccnc1)c1ncc(Br)cc1Cl. The van der Waals surface area contributed by atoms with E-state index in [9.17, 15) is 0 Å². The molecule has 4 nitrogen and oxygen atoms in total. The minimum Gasteiger partial charge on any atom is -0.350 e. The molecule has 0 bridgehead atoms. The van der Waals surface area contributed by atoms with Crippen molar-refractivity contribution in [2.75, 3.05) is 11.4 Å². The average Bonchev–Trinajstić information content (AvgIpc) is 2.45. The molecule has 0 radical (unpaired) electrons. The molecule has 0 aliphatic carbocycles. The highest BCUT2D eigenvalue weighted by atomic mass is 79.9. The number of pyridine rings is 2. The molecule has 2 aromatic heterocycles. The maximum atomic E-state index is 8.79. The summed E-state index contributed by atoms with van der Waals surface area (Å²) in [4.78, 5) is 10.4. The number of nitriles is 1. The van der Waals surface area contributed by atoms with Gasteiger partial charge in [0, 0.05) is 36.2 Å². The summed E-state index contributed by atoms with van der Waals surface area (Å²) in [5.74, 6) is 0.675. The predicted molar refractivity (Wildman–Crippen MR) is 82.5 cm³/mol. The maximum Gasteiger partial charge on any atom is 0.147 e. The molecule has 0 atom stereocenters. The molecule has 0 aliphatic heterocycles. The quantitative estimate of drug-likeness (QED) is 0.822. The highest BCUT2D eigenvalue weighted by Crippen LogP contribution is 2.27. The van der Waals surface area contributed by atoms with E-state index in [1.54, 1.807) is 24.7 Å². The fourth-order valence-electron chi connectivity index (χ4n) is 1.80. The fraction of sp³-hybridized carbons (Fsp3) is 0.214. The Morgan fingerprint density at radius 3 is 2.90 bits per heavy atom. The second kappa shape index (κ2) is 7.22. The van der Waals surface area contributed by atoms with Crippen molar-refractivity contribution in [3.8, 4) is 6.07 Å². The second-order valence-corrected chi connectivity index (χ2v) is 5.47. The Balaban J connectivity index is 2.25. The van der Waals surface area contributed by atoms with Gasteiger partial charge in [0.25, 0.3) is 0 Å². The zero-order chi connectivity index (χ0) is 14.4. The van der Waals surface area contributed by atoms with Crippen molar-refractivity contribution in [1.29, 1.82) is 5.26 Å². The van der Waals surface area contributed by atoms with E-state index in [1.807, 2.05) is 17.0 Å². The Bertz CT molecular complexity index is 612. The van der Waals surface area contributed by atoms with Gasteiger partial charge in [-0.1, -0.05) is 17.7 Å². The third-order valence-electron chi connectivity index (χ3n) is 2.68. The number of hydrogen-bond donors (Lipinski definition) is 0. The molecule has 2 aromatic rings. The van der Waals surface area contributed by atoms with Gasteiger partial charge in [-0.2, -0.15) is 5.26 Å². The zero-order valence-electron chi connectivity index (χ0n) is 10.6. The monoisotopic (exact) mass is 350 g/mol. The molecule has 0 saturated heterocycles. The van der Waals surface area contributed by atoms with Crippen LogP contribution in [0.4, 0.5) is 5.82 Å². The molecule has 2 heterocycles. The minimum atomic E-state index is 0.411. The van der Waals surface area contributed by atoms with Crippen molar-refractivity contribution in [3.63, 3.8) is 0 Å². The van der Waals surface area contributed by atoms with E-state index in [0.717, 1.165) is 10.0 Å². The smallest absolute Gasteiger partial charge is 0.147 e. The lowest BCUT2D eigenvalue weighted by molar-refractivity contribution is 0.780. The first-order valence-electron chi connectivity index (χ1n) is 6.02. The van der Waals surface area contributed by atoms with Crippen molar-refractivity contribution in [1.82, 2.24) is 9.97 Å². The van der Waals surface area contributed by atoms with Crippen LogP contribution >= 0.6 is 27.5 Å². The third kappa shape index (κ3) is 3.92. The molecule has 2 rings (SSSR count). The van der Waals surface area contributed by atoms with Gasteiger partial charge in [-0.3, -0.25) is 4.98 Å². The molecule has 0 saturated carbocycles. The summed E-state index contributed by atoms with van der Waals surface area (Å²) >= 11 is 9.57. The standard InChI is InChI=1S/C14H12BrClN4/c15-12-7-13(16)14(19-9-12)20(6-2-4-17)10-11-3-1-5-18-8-11/h1,3,5,7-9H,2,6,10H2. The average molecular weight is 352 g/mol. The Kier molecular flexibility index (Phi) is 5.33. The summed E-state index contributed by atoms with van der Waals surface area (Å²) in [6.45, 7) is 1.18.